The van der Waals surface area contributed by atoms with Gasteiger partial charge in [-0.15, -0.1) is 0 Å². The molecule has 0 bridgehead atoms. The van der Waals surface area contributed by atoms with Crippen molar-refractivity contribution in [1.82, 2.24) is 4.90 Å². The number of aliphatic hydroxyl groups excluding tert-OH is 1. The van der Waals surface area contributed by atoms with Gasteiger partial charge < -0.3 is 5.11 Å². The quantitative estimate of drug-likeness (QED) is 0.619. The lowest BCUT2D eigenvalue weighted by Crippen LogP contribution is -2.58. The summed E-state index contributed by atoms with van der Waals surface area (Å²) in [5.41, 5.74) is -0.00231. The fourth-order valence-electron chi connectivity index (χ4n) is 1.51. The van der Waals surface area contributed by atoms with Crippen molar-refractivity contribution in [3.63, 3.8) is 0 Å². The molecule has 1 heterocycles. The first-order chi connectivity index (χ1) is 4.58. The van der Waals surface area contributed by atoms with E-state index >= 15 is 0 Å². The van der Waals surface area contributed by atoms with Gasteiger partial charge in [0.2, 0.25) is 0 Å². The number of likely N-dealkylation sites (tertiary alicyclic amines) is 1. The van der Waals surface area contributed by atoms with Crippen LogP contribution in [0.1, 0.15) is 27.2 Å². The van der Waals surface area contributed by atoms with E-state index in [-0.39, 0.29) is 12.1 Å². The topological polar surface area (TPSA) is 23.5 Å². The predicted octanol–water partition coefficient (Wildman–Crippen LogP) is 0.852. The molecular weight excluding hydrogens is 126 g/mol. The van der Waals surface area contributed by atoms with E-state index in [0.29, 0.717) is 6.04 Å². The Labute approximate surface area is 62.8 Å². The molecule has 0 radical (unpaired) electrons. The maximum atomic E-state index is 9.01. The van der Waals surface area contributed by atoms with Gasteiger partial charge in [0.1, 0.15) is 0 Å². The molecule has 10 heavy (non-hydrogen) atoms. The van der Waals surface area contributed by atoms with Crippen molar-refractivity contribution in [1.29, 1.82) is 0 Å². The van der Waals surface area contributed by atoms with Crippen LogP contribution in [0.3, 0.4) is 0 Å². The Kier molecular flexibility index (Phi) is 2.02. The molecule has 1 N–H and O–H groups in total. The van der Waals surface area contributed by atoms with Crippen molar-refractivity contribution in [2.75, 3.05) is 13.2 Å². The van der Waals surface area contributed by atoms with E-state index in [1.54, 1.807) is 0 Å². The molecule has 0 saturated carbocycles. The van der Waals surface area contributed by atoms with Crippen molar-refractivity contribution in [3.05, 3.63) is 0 Å². The molecule has 2 heteroatoms. The number of nitrogens with zero attached hydrogens (tertiary/aromatic N) is 1. The van der Waals surface area contributed by atoms with Gasteiger partial charge in [0.05, 0.1) is 6.61 Å². The molecule has 1 aliphatic heterocycles. The van der Waals surface area contributed by atoms with E-state index in [1.807, 2.05) is 0 Å². The fraction of sp³-hybridized carbons (Fsp3) is 1.00. The Morgan fingerprint density at radius 2 is 2.20 bits per heavy atom. The van der Waals surface area contributed by atoms with Crippen LogP contribution < -0.4 is 0 Å². The van der Waals surface area contributed by atoms with Gasteiger partial charge in [-0.05, 0) is 27.2 Å². The molecule has 2 nitrogen and oxygen atoms in total. The third-order valence-electron chi connectivity index (χ3n) is 2.48. The molecule has 0 aromatic rings. The normalized spacial score (nSPS) is 28.2. The molecular formula is C8H17NO. The predicted molar refractivity (Wildman–Crippen MR) is 41.9 cm³/mol. The van der Waals surface area contributed by atoms with E-state index in [4.69, 9.17) is 5.11 Å². The summed E-state index contributed by atoms with van der Waals surface area (Å²) >= 11 is 0. The van der Waals surface area contributed by atoms with Gasteiger partial charge in [0.25, 0.3) is 0 Å². The van der Waals surface area contributed by atoms with Crippen molar-refractivity contribution in [3.8, 4) is 0 Å². The van der Waals surface area contributed by atoms with E-state index in [2.05, 4.69) is 25.7 Å². The van der Waals surface area contributed by atoms with E-state index in [0.717, 1.165) is 6.54 Å². The zero-order chi connectivity index (χ0) is 7.78. The first kappa shape index (κ1) is 8.02. The van der Waals surface area contributed by atoms with E-state index < -0.39 is 0 Å². The van der Waals surface area contributed by atoms with Crippen LogP contribution >= 0.6 is 0 Å². The monoisotopic (exact) mass is 143 g/mol. The Morgan fingerprint density at radius 1 is 1.60 bits per heavy atom. The SMILES string of the molecule is CC1CCN1C(C)(C)CO. The molecule has 1 fully saturated rings. The lowest BCUT2D eigenvalue weighted by atomic mass is 9.94. The molecule has 1 saturated heterocycles. The van der Waals surface area contributed by atoms with Gasteiger partial charge in [-0.1, -0.05) is 0 Å². The summed E-state index contributed by atoms with van der Waals surface area (Å²) < 4.78 is 0. The van der Waals surface area contributed by atoms with Crippen LogP contribution in [0.25, 0.3) is 0 Å². The Morgan fingerprint density at radius 3 is 2.30 bits per heavy atom. The van der Waals surface area contributed by atoms with Crippen LogP contribution in [0.2, 0.25) is 0 Å². The number of hydrogen-bond acceptors (Lipinski definition) is 2. The molecule has 60 valence electrons. The minimum Gasteiger partial charge on any atom is -0.394 e. The van der Waals surface area contributed by atoms with Crippen LogP contribution in [0.15, 0.2) is 0 Å². The zero-order valence-corrected chi connectivity index (χ0v) is 7.09. The van der Waals surface area contributed by atoms with Gasteiger partial charge in [-0.3, -0.25) is 4.90 Å². The van der Waals surface area contributed by atoms with Crippen molar-refractivity contribution >= 4 is 0 Å². The highest BCUT2D eigenvalue weighted by Gasteiger charge is 2.35. The van der Waals surface area contributed by atoms with Gasteiger partial charge >= 0.3 is 0 Å². The third-order valence-corrected chi connectivity index (χ3v) is 2.48. The van der Waals surface area contributed by atoms with Crippen molar-refractivity contribution in [2.45, 2.75) is 38.8 Å². The van der Waals surface area contributed by atoms with Crippen LogP contribution in [0.4, 0.5) is 0 Å². The molecule has 0 aromatic carbocycles. The summed E-state index contributed by atoms with van der Waals surface area (Å²) in [6, 6.07) is 0.669. The molecule has 0 aliphatic carbocycles. The summed E-state index contributed by atoms with van der Waals surface area (Å²) in [7, 11) is 0. The van der Waals surface area contributed by atoms with Crippen molar-refractivity contribution < 1.29 is 5.11 Å². The average molecular weight is 143 g/mol. The first-order valence-electron chi connectivity index (χ1n) is 3.95. The average Bonchev–Trinajstić information content (AvgIpc) is 1.84. The number of hydrogen-bond donors (Lipinski definition) is 1. The second kappa shape index (κ2) is 2.51. The van der Waals surface area contributed by atoms with Crippen LogP contribution in [-0.4, -0.2) is 34.7 Å². The summed E-state index contributed by atoms with van der Waals surface area (Å²) in [4.78, 5) is 2.34. The Balaban J connectivity index is 2.47. The van der Waals surface area contributed by atoms with Crippen molar-refractivity contribution in [2.24, 2.45) is 0 Å². The highest BCUT2D eigenvalue weighted by atomic mass is 16.3. The largest absolute Gasteiger partial charge is 0.394 e. The molecule has 1 atom stereocenters. The summed E-state index contributed by atoms with van der Waals surface area (Å²) in [6.45, 7) is 7.79. The first-order valence-corrected chi connectivity index (χ1v) is 3.95. The minimum atomic E-state index is -0.00231. The second-order valence-corrected chi connectivity index (χ2v) is 3.80. The van der Waals surface area contributed by atoms with E-state index in [1.165, 1.54) is 6.42 Å². The standard InChI is InChI=1S/C8H17NO/c1-7-4-5-9(7)8(2,3)6-10/h7,10H,4-6H2,1-3H3. The molecule has 1 rings (SSSR count). The van der Waals surface area contributed by atoms with Crippen LogP contribution in [-0.2, 0) is 0 Å². The molecule has 1 aliphatic rings. The second-order valence-electron chi connectivity index (χ2n) is 3.80. The van der Waals surface area contributed by atoms with Crippen LogP contribution in [0, 0.1) is 0 Å². The van der Waals surface area contributed by atoms with Gasteiger partial charge in [0.15, 0.2) is 0 Å². The fourth-order valence-corrected chi connectivity index (χ4v) is 1.51. The maximum Gasteiger partial charge on any atom is 0.0610 e. The maximum absolute atomic E-state index is 9.01. The summed E-state index contributed by atoms with van der Waals surface area (Å²) in [6.07, 6.45) is 1.28. The summed E-state index contributed by atoms with van der Waals surface area (Å²) in [5, 5.41) is 9.01. The summed E-state index contributed by atoms with van der Waals surface area (Å²) in [5.74, 6) is 0. The van der Waals surface area contributed by atoms with Gasteiger partial charge in [-0.2, -0.15) is 0 Å². The lowest BCUT2D eigenvalue weighted by Gasteiger charge is -2.48. The zero-order valence-electron chi connectivity index (χ0n) is 7.09. The lowest BCUT2D eigenvalue weighted by molar-refractivity contribution is -0.0294. The van der Waals surface area contributed by atoms with Gasteiger partial charge in [-0.25, -0.2) is 0 Å². The third kappa shape index (κ3) is 1.18. The molecule has 1 unspecified atom stereocenters. The number of rotatable bonds is 2. The van der Waals surface area contributed by atoms with E-state index in [9.17, 15) is 0 Å². The Bertz CT molecular complexity index is 122. The smallest absolute Gasteiger partial charge is 0.0610 e. The highest BCUT2D eigenvalue weighted by Crippen LogP contribution is 2.26. The Hall–Kier alpha value is -0.0800. The number of aliphatic hydroxyl groups is 1. The minimum absolute atomic E-state index is 0.00231. The van der Waals surface area contributed by atoms with Gasteiger partial charge in [0, 0.05) is 18.1 Å². The molecule has 0 aromatic heterocycles. The molecule has 0 spiro atoms. The highest BCUT2D eigenvalue weighted by molar-refractivity contribution is 4.91. The molecule has 0 amide bonds. The van der Waals surface area contributed by atoms with Crippen LogP contribution in [0.5, 0.6) is 0 Å².